The van der Waals surface area contributed by atoms with Gasteiger partial charge in [-0.25, -0.2) is 4.79 Å². The highest BCUT2D eigenvalue weighted by Gasteiger charge is 2.21. The Morgan fingerprint density at radius 2 is 1.50 bits per heavy atom. The number of rotatable bonds is 1. The number of carboxylic acid groups (broad SMARTS) is 1. The van der Waals surface area contributed by atoms with Gasteiger partial charge >= 0.3 is 5.97 Å². The lowest BCUT2D eigenvalue weighted by Crippen LogP contribution is -2.11. The minimum absolute atomic E-state index is 0.0280. The molecule has 0 aliphatic carbocycles. The molecule has 2 N–H and O–H groups in total. The van der Waals surface area contributed by atoms with Gasteiger partial charge in [-0.3, -0.25) is 0 Å². The minimum atomic E-state index is -1.11. The second-order valence-corrected chi connectivity index (χ2v) is 6.58. The van der Waals surface area contributed by atoms with Crippen molar-refractivity contribution in [2.45, 2.75) is 26.2 Å². The van der Waals surface area contributed by atoms with E-state index in [-0.39, 0.29) is 16.7 Å². The largest absolute Gasteiger partial charge is 0.506 e. The molecule has 0 amide bonds. The molecule has 0 saturated heterocycles. The molecule has 3 rings (SSSR count). The van der Waals surface area contributed by atoms with E-state index in [4.69, 9.17) is 0 Å². The first-order valence-electron chi connectivity index (χ1n) is 7.22. The Kier molecular flexibility index (Phi) is 3.10. The molecule has 0 aliphatic heterocycles. The van der Waals surface area contributed by atoms with E-state index in [1.807, 2.05) is 30.3 Å². The Hall–Kier alpha value is -2.55. The maximum absolute atomic E-state index is 11.7. The lowest BCUT2D eigenvalue weighted by Gasteiger charge is -2.20. The van der Waals surface area contributed by atoms with E-state index in [9.17, 15) is 15.0 Å². The van der Waals surface area contributed by atoms with Crippen LogP contribution in [0.2, 0.25) is 0 Å². The van der Waals surface area contributed by atoms with E-state index in [1.165, 1.54) is 0 Å². The van der Waals surface area contributed by atoms with Crippen molar-refractivity contribution in [3.63, 3.8) is 0 Å². The van der Waals surface area contributed by atoms with Gasteiger partial charge in [0.25, 0.3) is 0 Å². The maximum atomic E-state index is 11.7. The van der Waals surface area contributed by atoms with Crippen LogP contribution in [-0.2, 0) is 5.41 Å². The number of aromatic carboxylic acids is 1. The average molecular weight is 294 g/mol. The fourth-order valence-corrected chi connectivity index (χ4v) is 2.86. The predicted molar refractivity (Wildman–Crippen MR) is 88.8 cm³/mol. The Morgan fingerprint density at radius 3 is 2.09 bits per heavy atom. The van der Waals surface area contributed by atoms with E-state index in [1.54, 1.807) is 12.1 Å². The van der Waals surface area contributed by atoms with Crippen molar-refractivity contribution in [3.8, 4) is 5.75 Å². The number of aromatic hydroxyl groups is 1. The highest BCUT2D eigenvalue weighted by Crippen LogP contribution is 2.39. The fourth-order valence-electron chi connectivity index (χ4n) is 2.86. The summed E-state index contributed by atoms with van der Waals surface area (Å²) in [5.74, 6) is -1.28. The number of carbonyl (C=O) groups is 1. The highest BCUT2D eigenvalue weighted by molar-refractivity contribution is 6.19. The molecule has 0 atom stereocenters. The normalized spacial score (nSPS) is 12.0. The van der Waals surface area contributed by atoms with Crippen LogP contribution in [0.15, 0.2) is 42.5 Å². The van der Waals surface area contributed by atoms with Crippen molar-refractivity contribution in [1.29, 1.82) is 0 Å². The summed E-state index contributed by atoms with van der Waals surface area (Å²) in [5.41, 5.74) is 0.919. The summed E-state index contributed by atoms with van der Waals surface area (Å²) < 4.78 is 0. The monoisotopic (exact) mass is 294 g/mol. The zero-order valence-corrected chi connectivity index (χ0v) is 12.8. The van der Waals surface area contributed by atoms with E-state index >= 15 is 0 Å². The average Bonchev–Trinajstić information content (AvgIpc) is 2.46. The SMILES string of the molecule is CC(C)(C)c1ccc2c(c1)c(C(=O)O)c(O)c1ccccc12. The number of phenols is 1. The van der Waals surface area contributed by atoms with E-state index < -0.39 is 5.97 Å². The van der Waals surface area contributed by atoms with Gasteiger partial charge in [0.15, 0.2) is 0 Å². The summed E-state index contributed by atoms with van der Waals surface area (Å²) in [6.45, 7) is 6.24. The molecule has 0 aliphatic rings. The number of carboxylic acids is 1. The third kappa shape index (κ3) is 2.10. The number of hydrogen-bond acceptors (Lipinski definition) is 2. The van der Waals surface area contributed by atoms with Crippen molar-refractivity contribution in [1.82, 2.24) is 0 Å². The minimum Gasteiger partial charge on any atom is -0.506 e. The summed E-state index contributed by atoms with van der Waals surface area (Å²) in [7, 11) is 0. The molecule has 3 aromatic carbocycles. The molecule has 0 aromatic heterocycles. The van der Waals surface area contributed by atoms with Gasteiger partial charge in [-0.1, -0.05) is 57.2 Å². The summed E-state index contributed by atoms with van der Waals surface area (Å²) in [5, 5.41) is 22.8. The second-order valence-electron chi connectivity index (χ2n) is 6.58. The molecule has 0 unspecified atom stereocenters. The van der Waals surface area contributed by atoms with Crippen LogP contribution in [-0.4, -0.2) is 16.2 Å². The number of fused-ring (bicyclic) bond motifs is 3. The van der Waals surface area contributed by atoms with Crippen molar-refractivity contribution in [3.05, 3.63) is 53.6 Å². The standard InChI is InChI=1S/C19H18O3/c1-19(2,3)11-8-9-13-12-6-4-5-7-14(12)17(20)16(18(21)22)15(13)10-11/h4-10,20H,1-3H3,(H,21,22). The van der Waals surface area contributed by atoms with Crippen LogP contribution in [0.25, 0.3) is 21.5 Å². The van der Waals surface area contributed by atoms with Gasteiger partial charge in [-0.2, -0.15) is 0 Å². The van der Waals surface area contributed by atoms with Gasteiger partial charge in [0.1, 0.15) is 11.3 Å². The Balaban J connectivity index is 2.55. The molecule has 112 valence electrons. The first-order valence-corrected chi connectivity index (χ1v) is 7.22. The highest BCUT2D eigenvalue weighted by atomic mass is 16.4. The molecule has 3 heteroatoms. The third-order valence-electron chi connectivity index (χ3n) is 4.08. The molecule has 3 aromatic rings. The molecule has 0 fully saturated rings. The molecule has 0 spiro atoms. The van der Waals surface area contributed by atoms with Crippen LogP contribution in [0.1, 0.15) is 36.7 Å². The second kappa shape index (κ2) is 4.73. The van der Waals surface area contributed by atoms with Crippen molar-refractivity contribution in [2.75, 3.05) is 0 Å². The smallest absolute Gasteiger partial charge is 0.340 e. The summed E-state index contributed by atoms with van der Waals surface area (Å²) in [6.07, 6.45) is 0. The van der Waals surface area contributed by atoms with Crippen LogP contribution in [0.4, 0.5) is 0 Å². The Morgan fingerprint density at radius 1 is 0.909 bits per heavy atom. The van der Waals surface area contributed by atoms with Gasteiger partial charge in [0.05, 0.1) is 0 Å². The van der Waals surface area contributed by atoms with Crippen molar-refractivity contribution in [2.24, 2.45) is 0 Å². The lowest BCUT2D eigenvalue weighted by atomic mass is 9.84. The molecule has 3 nitrogen and oxygen atoms in total. The topological polar surface area (TPSA) is 57.5 Å². The summed E-state index contributed by atoms with van der Waals surface area (Å²) in [6, 6.07) is 13.2. The summed E-state index contributed by atoms with van der Waals surface area (Å²) in [4.78, 5) is 11.7. The predicted octanol–water partition coefficient (Wildman–Crippen LogP) is 4.69. The van der Waals surface area contributed by atoms with Crippen molar-refractivity contribution >= 4 is 27.5 Å². The Labute approximate surface area is 128 Å². The number of hydrogen-bond donors (Lipinski definition) is 2. The zero-order valence-electron chi connectivity index (χ0n) is 12.8. The molecular formula is C19H18O3. The van der Waals surface area contributed by atoms with Gasteiger partial charge in [-0.15, -0.1) is 0 Å². The summed E-state index contributed by atoms with van der Waals surface area (Å²) >= 11 is 0. The van der Waals surface area contributed by atoms with Crippen LogP contribution < -0.4 is 0 Å². The molecule has 0 heterocycles. The third-order valence-corrected chi connectivity index (χ3v) is 4.08. The van der Waals surface area contributed by atoms with Gasteiger partial charge in [0.2, 0.25) is 0 Å². The van der Waals surface area contributed by atoms with Crippen LogP contribution in [0.5, 0.6) is 5.75 Å². The van der Waals surface area contributed by atoms with Crippen molar-refractivity contribution < 1.29 is 15.0 Å². The zero-order chi connectivity index (χ0) is 16.1. The van der Waals surface area contributed by atoms with E-state index in [0.29, 0.717) is 10.8 Å². The first-order chi connectivity index (χ1) is 10.3. The van der Waals surface area contributed by atoms with Gasteiger partial charge in [-0.05, 0) is 27.8 Å². The molecular weight excluding hydrogens is 276 g/mol. The lowest BCUT2D eigenvalue weighted by molar-refractivity contribution is 0.0696. The molecule has 0 saturated carbocycles. The molecule has 22 heavy (non-hydrogen) atoms. The quantitative estimate of drug-likeness (QED) is 0.640. The van der Waals surface area contributed by atoms with Crippen LogP contribution in [0.3, 0.4) is 0 Å². The van der Waals surface area contributed by atoms with Crippen LogP contribution in [0, 0.1) is 0 Å². The first kappa shape index (κ1) is 14.4. The fraction of sp³-hybridized carbons (Fsp3) is 0.211. The molecule has 0 radical (unpaired) electrons. The van der Waals surface area contributed by atoms with Gasteiger partial charge < -0.3 is 10.2 Å². The number of benzene rings is 3. The van der Waals surface area contributed by atoms with Gasteiger partial charge in [0, 0.05) is 10.8 Å². The van der Waals surface area contributed by atoms with E-state index in [2.05, 4.69) is 20.8 Å². The molecule has 0 bridgehead atoms. The van der Waals surface area contributed by atoms with Crippen LogP contribution >= 0.6 is 0 Å². The Bertz CT molecular complexity index is 902. The van der Waals surface area contributed by atoms with E-state index in [0.717, 1.165) is 16.3 Å². The maximum Gasteiger partial charge on any atom is 0.340 e.